The molecule has 3 aromatic rings. The van der Waals surface area contributed by atoms with Crippen LogP contribution in [0.4, 0.5) is 5.69 Å². The van der Waals surface area contributed by atoms with Crippen molar-refractivity contribution in [1.82, 2.24) is 4.98 Å². The lowest BCUT2D eigenvalue weighted by Crippen LogP contribution is -2.27. The van der Waals surface area contributed by atoms with Crippen LogP contribution in [-0.2, 0) is 11.8 Å². The van der Waals surface area contributed by atoms with Gasteiger partial charge in [0.05, 0.1) is 11.5 Å². The molecule has 26 heavy (non-hydrogen) atoms. The van der Waals surface area contributed by atoms with Crippen LogP contribution in [0, 0.1) is 18.3 Å². The quantitative estimate of drug-likeness (QED) is 0.692. The fourth-order valence-corrected chi connectivity index (χ4v) is 4.21. The number of aromatic amines is 1. The van der Waals surface area contributed by atoms with Crippen molar-refractivity contribution < 1.29 is 0 Å². The summed E-state index contributed by atoms with van der Waals surface area (Å²) in [5, 5.41) is 11.1. The monoisotopic (exact) mass is 343 g/mol. The number of hydrogen-bond donors (Lipinski definition) is 2. The Morgan fingerprint density at radius 2 is 2.04 bits per heavy atom. The van der Waals surface area contributed by atoms with Crippen LogP contribution in [-0.4, -0.2) is 4.98 Å². The molecule has 4 rings (SSSR count). The molecule has 0 fully saturated rings. The van der Waals surface area contributed by atoms with E-state index in [1.807, 2.05) is 43.3 Å². The van der Waals surface area contributed by atoms with E-state index in [1.54, 1.807) is 6.92 Å². The number of pyridine rings is 1. The molecule has 1 heterocycles. The molecule has 0 amide bonds. The minimum absolute atomic E-state index is 0.0880. The Kier molecular flexibility index (Phi) is 3.62. The molecule has 4 nitrogen and oxygen atoms in total. The van der Waals surface area contributed by atoms with E-state index in [-0.39, 0.29) is 11.5 Å². The molecule has 0 bridgehead atoms. The third-order valence-electron chi connectivity index (χ3n) is 5.81. The summed E-state index contributed by atoms with van der Waals surface area (Å²) in [4.78, 5) is 14.9. The highest BCUT2D eigenvalue weighted by Gasteiger charge is 2.41. The number of nitrogens with zero attached hydrogens (tertiary/aromatic N) is 1. The molecule has 1 aliphatic carbocycles. The SMILES string of the molecule is Cc1cc2ccc(C(C)(C#N)[C@@H]3CCc4cc(N)ccc43)cc2[nH]c1=O. The van der Waals surface area contributed by atoms with Crippen molar-refractivity contribution in [3.8, 4) is 6.07 Å². The Bertz CT molecular complexity index is 1120. The van der Waals surface area contributed by atoms with Crippen LogP contribution in [0.15, 0.2) is 47.3 Å². The molecular formula is C22H21N3O. The van der Waals surface area contributed by atoms with Crippen molar-refractivity contribution in [2.45, 2.75) is 38.0 Å². The number of nitrogens with one attached hydrogen (secondary N) is 1. The summed E-state index contributed by atoms with van der Waals surface area (Å²) in [5.74, 6) is 0.109. The zero-order valence-electron chi connectivity index (χ0n) is 15.0. The van der Waals surface area contributed by atoms with E-state index in [4.69, 9.17) is 5.73 Å². The number of benzene rings is 2. The maximum atomic E-state index is 12.0. The van der Waals surface area contributed by atoms with Gasteiger partial charge < -0.3 is 10.7 Å². The molecule has 0 aliphatic heterocycles. The fraction of sp³-hybridized carbons (Fsp3) is 0.273. The summed E-state index contributed by atoms with van der Waals surface area (Å²) in [7, 11) is 0. The number of aryl methyl sites for hydroxylation is 2. The van der Waals surface area contributed by atoms with Crippen molar-refractivity contribution >= 4 is 16.6 Å². The van der Waals surface area contributed by atoms with Gasteiger partial charge >= 0.3 is 0 Å². The van der Waals surface area contributed by atoms with Gasteiger partial charge in [0.25, 0.3) is 5.56 Å². The normalized spacial score (nSPS) is 18.3. The molecule has 3 N–H and O–H groups in total. The Balaban J connectivity index is 1.85. The zero-order chi connectivity index (χ0) is 18.5. The number of anilines is 1. The topological polar surface area (TPSA) is 82.7 Å². The third kappa shape index (κ3) is 2.40. The largest absolute Gasteiger partial charge is 0.399 e. The van der Waals surface area contributed by atoms with Gasteiger partial charge in [-0.15, -0.1) is 0 Å². The van der Waals surface area contributed by atoms with Crippen molar-refractivity contribution in [3.05, 3.63) is 75.1 Å². The molecule has 0 radical (unpaired) electrons. The molecule has 1 unspecified atom stereocenters. The van der Waals surface area contributed by atoms with Gasteiger partial charge in [-0.1, -0.05) is 18.2 Å². The van der Waals surface area contributed by atoms with E-state index in [0.717, 1.165) is 35.0 Å². The van der Waals surface area contributed by atoms with Gasteiger partial charge in [0.1, 0.15) is 0 Å². The van der Waals surface area contributed by atoms with Crippen LogP contribution < -0.4 is 11.3 Å². The third-order valence-corrected chi connectivity index (χ3v) is 5.81. The summed E-state index contributed by atoms with van der Waals surface area (Å²) in [6, 6.07) is 16.4. The molecule has 2 atom stereocenters. The lowest BCUT2D eigenvalue weighted by Gasteiger charge is -2.30. The average molecular weight is 343 g/mol. The molecule has 1 aromatic heterocycles. The molecule has 1 aliphatic rings. The molecule has 2 aromatic carbocycles. The van der Waals surface area contributed by atoms with Crippen LogP contribution in [0.2, 0.25) is 0 Å². The molecule has 0 spiro atoms. The van der Waals surface area contributed by atoms with E-state index in [2.05, 4.69) is 17.1 Å². The summed E-state index contributed by atoms with van der Waals surface area (Å²) in [5.41, 5.74) is 10.8. The highest BCUT2D eigenvalue weighted by atomic mass is 16.1. The van der Waals surface area contributed by atoms with Crippen LogP contribution in [0.25, 0.3) is 10.9 Å². The van der Waals surface area contributed by atoms with Crippen LogP contribution in [0.5, 0.6) is 0 Å². The molecule has 4 heteroatoms. The number of fused-ring (bicyclic) bond motifs is 2. The van der Waals surface area contributed by atoms with Gasteiger partial charge in [0, 0.05) is 22.7 Å². The van der Waals surface area contributed by atoms with Gasteiger partial charge in [-0.2, -0.15) is 5.26 Å². The van der Waals surface area contributed by atoms with Gasteiger partial charge in [-0.25, -0.2) is 0 Å². The van der Waals surface area contributed by atoms with E-state index in [0.29, 0.717) is 5.56 Å². The standard InChI is InChI=1S/C22H21N3O/c1-13-9-15-3-5-16(11-20(15)25-21(13)26)22(2,12-23)19-8-4-14-10-17(24)6-7-18(14)19/h3,5-7,9-11,19H,4,8,24H2,1-2H3,(H,25,26)/t19-,22?/m1/s1. The number of nitrogens with two attached hydrogens (primary N) is 1. The number of H-pyrrole nitrogens is 1. The summed E-state index contributed by atoms with van der Waals surface area (Å²) in [6.45, 7) is 3.79. The second-order valence-corrected chi connectivity index (χ2v) is 7.45. The second-order valence-electron chi connectivity index (χ2n) is 7.45. The maximum Gasteiger partial charge on any atom is 0.251 e. The van der Waals surface area contributed by atoms with E-state index in [9.17, 15) is 10.1 Å². The van der Waals surface area contributed by atoms with Gasteiger partial charge in [-0.3, -0.25) is 4.79 Å². The molecule has 0 saturated heterocycles. The Labute approximate surface area is 152 Å². The first-order valence-electron chi connectivity index (χ1n) is 8.86. The molecule has 0 saturated carbocycles. The predicted molar refractivity (Wildman–Crippen MR) is 104 cm³/mol. The first-order valence-corrected chi connectivity index (χ1v) is 8.86. The first-order chi connectivity index (χ1) is 12.4. The van der Waals surface area contributed by atoms with Gasteiger partial charge in [0.15, 0.2) is 0 Å². The Morgan fingerprint density at radius 3 is 2.81 bits per heavy atom. The first kappa shape index (κ1) is 16.4. The van der Waals surface area contributed by atoms with Crippen molar-refractivity contribution in [2.24, 2.45) is 0 Å². The number of nitrogen functional groups attached to an aromatic ring is 1. The number of nitriles is 1. The highest BCUT2D eigenvalue weighted by Crippen LogP contribution is 2.47. The van der Waals surface area contributed by atoms with E-state index in [1.165, 1.54) is 11.1 Å². The van der Waals surface area contributed by atoms with Crippen molar-refractivity contribution in [2.75, 3.05) is 5.73 Å². The minimum atomic E-state index is -0.669. The number of rotatable bonds is 2. The summed E-state index contributed by atoms with van der Waals surface area (Å²) >= 11 is 0. The van der Waals surface area contributed by atoms with E-state index >= 15 is 0 Å². The average Bonchev–Trinajstić information content (AvgIpc) is 3.05. The smallest absolute Gasteiger partial charge is 0.251 e. The van der Waals surface area contributed by atoms with Crippen LogP contribution >= 0.6 is 0 Å². The zero-order valence-corrected chi connectivity index (χ0v) is 15.0. The highest BCUT2D eigenvalue weighted by molar-refractivity contribution is 5.80. The minimum Gasteiger partial charge on any atom is -0.399 e. The maximum absolute atomic E-state index is 12.0. The predicted octanol–water partition coefficient (Wildman–Crippen LogP) is 3.93. The van der Waals surface area contributed by atoms with Crippen molar-refractivity contribution in [3.63, 3.8) is 0 Å². The fourth-order valence-electron chi connectivity index (χ4n) is 4.21. The number of aromatic nitrogens is 1. The number of hydrogen-bond acceptors (Lipinski definition) is 3. The van der Waals surface area contributed by atoms with Crippen LogP contribution in [0.1, 0.15) is 41.5 Å². The van der Waals surface area contributed by atoms with E-state index < -0.39 is 5.41 Å². The summed E-state index contributed by atoms with van der Waals surface area (Å²) in [6.07, 6.45) is 1.86. The lowest BCUT2D eigenvalue weighted by molar-refractivity contribution is 0.470. The Morgan fingerprint density at radius 1 is 1.23 bits per heavy atom. The van der Waals surface area contributed by atoms with Crippen molar-refractivity contribution in [1.29, 1.82) is 5.26 Å². The summed E-state index contributed by atoms with van der Waals surface area (Å²) < 4.78 is 0. The van der Waals surface area contributed by atoms with Gasteiger partial charge in [0.2, 0.25) is 0 Å². The lowest BCUT2D eigenvalue weighted by atomic mass is 9.70. The molecular weight excluding hydrogens is 322 g/mol. The second kappa shape index (κ2) is 5.74. The van der Waals surface area contributed by atoms with Crippen LogP contribution in [0.3, 0.4) is 0 Å². The van der Waals surface area contributed by atoms with Gasteiger partial charge in [-0.05, 0) is 73.0 Å². The Hall–Kier alpha value is -3.06. The molecule has 130 valence electrons.